The number of hydrogen-bond acceptors (Lipinski definition) is 7. The van der Waals surface area contributed by atoms with Crippen molar-refractivity contribution in [2.45, 2.75) is 25.8 Å². The molecule has 2 aliphatic heterocycles. The Balaban J connectivity index is 1.50. The van der Waals surface area contributed by atoms with Crippen LogP contribution in [0.4, 0.5) is 22.3 Å². The first-order chi connectivity index (χ1) is 13.9. The third-order valence-corrected chi connectivity index (χ3v) is 6.22. The molecule has 150 valence electrons. The van der Waals surface area contributed by atoms with E-state index in [4.69, 9.17) is 9.72 Å². The molecule has 3 aromatic rings. The Morgan fingerprint density at radius 1 is 1.31 bits per heavy atom. The minimum atomic E-state index is -0.279. The van der Waals surface area contributed by atoms with Crippen LogP contribution in [0.15, 0.2) is 30.5 Å². The van der Waals surface area contributed by atoms with Crippen molar-refractivity contribution < 1.29 is 9.53 Å². The molecule has 5 rings (SSSR count). The topological polar surface area (TPSA) is 84.3 Å². The number of nitrogens with one attached hydrogen (secondary N) is 2. The molecule has 2 aliphatic rings. The molecule has 1 aromatic carbocycles. The van der Waals surface area contributed by atoms with Crippen LogP contribution in [0.1, 0.15) is 29.2 Å². The Labute approximate surface area is 172 Å². The van der Waals surface area contributed by atoms with Crippen molar-refractivity contribution in [1.82, 2.24) is 20.1 Å². The van der Waals surface area contributed by atoms with Crippen LogP contribution in [0, 0.1) is 0 Å². The highest BCUT2D eigenvalue weighted by Crippen LogP contribution is 2.42. The van der Waals surface area contributed by atoms with Gasteiger partial charge in [0.05, 0.1) is 24.1 Å². The molecular weight excluding hydrogens is 388 g/mol. The largest absolute Gasteiger partial charge is 0.490 e. The van der Waals surface area contributed by atoms with Gasteiger partial charge in [0.15, 0.2) is 5.13 Å². The molecular formula is C20H22N6O2S. The van der Waals surface area contributed by atoms with Gasteiger partial charge in [-0.25, -0.2) is 4.98 Å². The van der Waals surface area contributed by atoms with Gasteiger partial charge in [0.25, 0.3) is 5.91 Å². The number of aromatic nitrogens is 3. The number of rotatable bonds is 3. The lowest BCUT2D eigenvalue weighted by Gasteiger charge is -2.30. The van der Waals surface area contributed by atoms with Crippen LogP contribution in [-0.4, -0.2) is 39.4 Å². The zero-order chi connectivity index (χ0) is 20.2. The fourth-order valence-electron chi connectivity index (χ4n) is 3.72. The number of aryl methyl sites for hydroxylation is 1. The molecule has 2 N–H and O–H groups in total. The fourth-order valence-corrected chi connectivity index (χ4v) is 4.74. The first-order valence-electron chi connectivity index (χ1n) is 9.51. The van der Waals surface area contributed by atoms with E-state index in [1.165, 1.54) is 11.3 Å². The lowest BCUT2D eigenvalue weighted by molar-refractivity contribution is 0.0901. The lowest BCUT2D eigenvalue weighted by atomic mass is 9.94. The van der Waals surface area contributed by atoms with Gasteiger partial charge in [-0.15, -0.1) is 0 Å². The Kier molecular flexibility index (Phi) is 4.02. The predicted molar refractivity (Wildman–Crippen MR) is 113 cm³/mol. The molecule has 29 heavy (non-hydrogen) atoms. The molecule has 0 bridgehead atoms. The summed E-state index contributed by atoms with van der Waals surface area (Å²) in [7, 11) is 1.89. The number of hydrogen-bond donors (Lipinski definition) is 2. The minimum Gasteiger partial charge on any atom is -0.490 e. The highest BCUT2D eigenvalue weighted by Gasteiger charge is 2.34. The van der Waals surface area contributed by atoms with Gasteiger partial charge in [0.1, 0.15) is 23.1 Å². The number of carbonyl (C=O) groups is 1. The molecule has 0 radical (unpaired) electrons. The van der Waals surface area contributed by atoms with Crippen molar-refractivity contribution in [2.75, 3.05) is 23.4 Å². The molecule has 8 nitrogen and oxygen atoms in total. The average Bonchev–Trinajstić information content (AvgIpc) is 3.27. The first kappa shape index (κ1) is 18.0. The van der Waals surface area contributed by atoms with Crippen molar-refractivity contribution in [3.8, 4) is 5.75 Å². The van der Waals surface area contributed by atoms with Gasteiger partial charge in [-0.2, -0.15) is 5.10 Å². The van der Waals surface area contributed by atoms with Crippen molar-refractivity contribution in [3.63, 3.8) is 0 Å². The molecule has 0 saturated carbocycles. The van der Waals surface area contributed by atoms with Gasteiger partial charge in [-0.05, 0) is 32.0 Å². The summed E-state index contributed by atoms with van der Waals surface area (Å²) >= 11 is 1.44. The molecule has 0 fully saturated rings. The quantitative estimate of drug-likeness (QED) is 0.690. The van der Waals surface area contributed by atoms with E-state index in [-0.39, 0.29) is 11.4 Å². The number of ether oxygens (including phenoxy) is 1. The fraction of sp³-hybridized carbons (Fsp3) is 0.350. The second kappa shape index (κ2) is 6.48. The van der Waals surface area contributed by atoms with E-state index in [9.17, 15) is 4.79 Å². The number of nitrogens with zero attached hydrogens (tertiary/aromatic N) is 4. The average molecular weight is 411 g/mol. The summed E-state index contributed by atoms with van der Waals surface area (Å²) in [6.07, 6.45) is 2.48. The van der Waals surface area contributed by atoms with Crippen molar-refractivity contribution >= 4 is 39.6 Å². The smallest absolute Gasteiger partial charge is 0.263 e. The number of carbonyl (C=O) groups excluding carboxylic acids is 1. The van der Waals surface area contributed by atoms with Gasteiger partial charge in [0.2, 0.25) is 0 Å². The second-order valence-electron chi connectivity index (χ2n) is 7.93. The molecule has 4 heterocycles. The SMILES string of the molecule is Cn1nccc1Nc1ccc2c(c1)N(c1nc3c(s1)C(=O)NC(C)(C)C3)CCO2. The summed E-state index contributed by atoms with van der Waals surface area (Å²) in [6.45, 7) is 5.30. The van der Waals surface area contributed by atoms with Crippen LogP contribution >= 0.6 is 11.3 Å². The second-order valence-corrected chi connectivity index (χ2v) is 8.91. The first-order valence-corrected chi connectivity index (χ1v) is 10.3. The maximum absolute atomic E-state index is 12.5. The summed E-state index contributed by atoms with van der Waals surface area (Å²) in [5.74, 6) is 1.67. The van der Waals surface area contributed by atoms with Crippen LogP contribution in [0.3, 0.4) is 0 Å². The van der Waals surface area contributed by atoms with E-state index in [0.717, 1.165) is 40.2 Å². The third-order valence-electron chi connectivity index (χ3n) is 5.10. The minimum absolute atomic E-state index is 0.0416. The normalized spacial score (nSPS) is 17.2. The van der Waals surface area contributed by atoms with Crippen molar-refractivity contribution in [3.05, 3.63) is 41.0 Å². The summed E-state index contributed by atoms with van der Waals surface area (Å²) in [5, 5.41) is 11.5. The monoisotopic (exact) mass is 410 g/mol. The van der Waals surface area contributed by atoms with E-state index < -0.39 is 0 Å². The van der Waals surface area contributed by atoms with E-state index in [1.807, 2.05) is 45.2 Å². The van der Waals surface area contributed by atoms with E-state index in [2.05, 4.69) is 20.6 Å². The van der Waals surface area contributed by atoms with Crippen LogP contribution in [0.5, 0.6) is 5.75 Å². The van der Waals surface area contributed by atoms with Crippen LogP contribution in [0.2, 0.25) is 0 Å². The molecule has 9 heteroatoms. The highest BCUT2D eigenvalue weighted by molar-refractivity contribution is 7.17. The Bertz CT molecular complexity index is 1100. The van der Waals surface area contributed by atoms with E-state index in [1.54, 1.807) is 10.9 Å². The number of amides is 1. The molecule has 0 unspecified atom stereocenters. The Morgan fingerprint density at radius 2 is 2.17 bits per heavy atom. The van der Waals surface area contributed by atoms with Gasteiger partial charge >= 0.3 is 0 Å². The zero-order valence-corrected chi connectivity index (χ0v) is 17.3. The molecule has 0 atom stereocenters. The van der Waals surface area contributed by atoms with Crippen molar-refractivity contribution in [2.24, 2.45) is 7.05 Å². The summed E-state index contributed by atoms with van der Waals surface area (Å²) < 4.78 is 7.64. The van der Waals surface area contributed by atoms with Crippen LogP contribution in [-0.2, 0) is 13.5 Å². The number of benzene rings is 1. The van der Waals surface area contributed by atoms with Gasteiger partial charge in [0, 0.05) is 30.8 Å². The number of thiazole rings is 1. The molecule has 0 spiro atoms. The van der Waals surface area contributed by atoms with Crippen LogP contribution < -0.4 is 20.3 Å². The van der Waals surface area contributed by atoms with Crippen molar-refractivity contribution in [1.29, 1.82) is 0 Å². The lowest BCUT2D eigenvalue weighted by Crippen LogP contribution is -2.48. The van der Waals surface area contributed by atoms with E-state index in [0.29, 0.717) is 18.0 Å². The van der Waals surface area contributed by atoms with Gasteiger partial charge in [-0.1, -0.05) is 11.3 Å². The maximum atomic E-state index is 12.5. The molecule has 0 saturated heterocycles. The molecule has 1 amide bonds. The summed E-state index contributed by atoms with van der Waals surface area (Å²) in [5.41, 5.74) is 2.46. The third kappa shape index (κ3) is 3.21. The zero-order valence-electron chi connectivity index (χ0n) is 16.5. The predicted octanol–water partition coefficient (Wildman–Crippen LogP) is 3.22. The van der Waals surface area contributed by atoms with E-state index >= 15 is 0 Å². The number of fused-ring (bicyclic) bond motifs is 2. The molecule has 2 aromatic heterocycles. The van der Waals surface area contributed by atoms with Gasteiger partial charge in [-0.3, -0.25) is 9.48 Å². The van der Waals surface area contributed by atoms with Crippen LogP contribution in [0.25, 0.3) is 0 Å². The summed E-state index contributed by atoms with van der Waals surface area (Å²) in [6, 6.07) is 7.91. The maximum Gasteiger partial charge on any atom is 0.263 e. The Hall–Kier alpha value is -3.07. The standard InChI is InChI=1S/C20H22N6O2S/c1-20(2)11-13-17(18(27)24-20)29-19(23-13)26-8-9-28-15-5-4-12(10-14(15)26)22-16-6-7-21-25(16)3/h4-7,10,22H,8-9,11H2,1-3H3,(H,24,27). The number of anilines is 4. The Morgan fingerprint density at radius 3 is 2.97 bits per heavy atom. The highest BCUT2D eigenvalue weighted by atomic mass is 32.1. The summed E-state index contributed by atoms with van der Waals surface area (Å²) in [4.78, 5) is 20.2. The van der Waals surface area contributed by atoms with Gasteiger partial charge < -0.3 is 20.3 Å². The molecule has 0 aliphatic carbocycles.